The van der Waals surface area contributed by atoms with Crippen LogP contribution in [0.5, 0.6) is 0 Å². The summed E-state index contributed by atoms with van der Waals surface area (Å²) in [6.45, 7) is 3.98. The Morgan fingerprint density at radius 1 is 0.935 bits per heavy atom. The monoisotopic (exact) mass is 407 g/mol. The lowest BCUT2D eigenvalue weighted by molar-refractivity contribution is 0.101. The Balaban J connectivity index is 1.54. The van der Waals surface area contributed by atoms with Gasteiger partial charge in [0.15, 0.2) is 0 Å². The fraction of sp³-hybridized carbons (Fsp3) is 0.0800. The van der Waals surface area contributed by atoms with Crippen LogP contribution in [0.1, 0.15) is 21.6 Å². The van der Waals surface area contributed by atoms with Gasteiger partial charge in [0.05, 0.1) is 6.20 Å². The first kappa shape index (κ1) is 18.8. The van der Waals surface area contributed by atoms with Gasteiger partial charge in [-0.3, -0.25) is 9.78 Å². The summed E-state index contributed by atoms with van der Waals surface area (Å²) in [6, 6.07) is 19.8. The Morgan fingerprint density at radius 2 is 1.81 bits per heavy atom. The number of nitrogens with zero attached hydrogens (tertiary/aromatic N) is 4. The van der Waals surface area contributed by atoms with Crippen LogP contribution in [0.4, 0.5) is 5.69 Å². The van der Waals surface area contributed by atoms with E-state index in [1.807, 2.05) is 79.2 Å². The predicted molar refractivity (Wildman–Crippen MR) is 122 cm³/mol. The highest BCUT2D eigenvalue weighted by molar-refractivity contribution is 6.03. The molecule has 0 aliphatic rings. The minimum absolute atomic E-state index is 0.204. The van der Waals surface area contributed by atoms with Crippen molar-refractivity contribution < 1.29 is 4.79 Å². The quantitative estimate of drug-likeness (QED) is 0.453. The van der Waals surface area contributed by atoms with Crippen molar-refractivity contribution in [3.05, 3.63) is 102 Å². The number of anilines is 1. The number of nitrogens with one attached hydrogen (secondary N) is 1. The van der Waals surface area contributed by atoms with E-state index in [4.69, 9.17) is 0 Å². The lowest BCUT2D eigenvalue weighted by atomic mass is 10.1. The van der Waals surface area contributed by atoms with E-state index in [0.29, 0.717) is 5.69 Å². The molecule has 6 heteroatoms. The summed E-state index contributed by atoms with van der Waals surface area (Å²) in [5, 5.41) is 7.46. The van der Waals surface area contributed by atoms with Crippen LogP contribution in [0.25, 0.3) is 22.5 Å². The summed E-state index contributed by atoms with van der Waals surface area (Å²) in [4.78, 5) is 17.3. The number of pyridine rings is 2. The molecule has 0 saturated carbocycles. The molecule has 0 saturated heterocycles. The van der Waals surface area contributed by atoms with E-state index in [2.05, 4.69) is 21.5 Å². The average Bonchev–Trinajstić information content (AvgIpc) is 3.43. The van der Waals surface area contributed by atoms with Gasteiger partial charge in [-0.15, -0.1) is 0 Å². The van der Waals surface area contributed by atoms with Gasteiger partial charge < -0.3 is 9.72 Å². The first-order valence-electron chi connectivity index (χ1n) is 10.0. The first-order chi connectivity index (χ1) is 15.1. The summed E-state index contributed by atoms with van der Waals surface area (Å²) in [7, 11) is 0. The summed E-state index contributed by atoms with van der Waals surface area (Å²) < 4.78 is 3.70. The van der Waals surface area contributed by atoms with Crippen LogP contribution in [0.15, 0.2) is 85.5 Å². The number of carbonyl (C=O) groups excluding carboxylic acids is 1. The molecule has 0 unspecified atom stereocenters. The Kier molecular flexibility index (Phi) is 4.59. The molecule has 4 aromatic heterocycles. The molecule has 5 aromatic rings. The molecular formula is C25H21N5O. The van der Waals surface area contributed by atoms with E-state index in [1.54, 1.807) is 23.1 Å². The van der Waals surface area contributed by atoms with Crippen molar-refractivity contribution in [2.45, 2.75) is 13.8 Å². The second kappa shape index (κ2) is 7.57. The standard InChI is InChI=1S/C25H21N5O/c1-17-5-6-18(2)22(14-17)28-25(31)23-11-13-27-30(23)24-10-9-21-8-7-20(16-29(21)24)19-4-3-12-26-15-19/h3-16H,1-2H3,(H,28,31). The highest BCUT2D eigenvalue weighted by Crippen LogP contribution is 2.23. The molecule has 0 spiro atoms. The zero-order valence-corrected chi connectivity index (χ0v) is 17.3. The highest BCUT2D eigenvalue weighted by Gasteiger charge is 2.17. The van der Waals surface area contributed by atoms with Crippen molar-refractivity contribution >= 4 is 17.1 Å². The highest BCUT2D eigenvalue weighted by atomic mass is 16.2. The third-order valence-electron chi connectivity index (χ3n) is 5.36. The maximum absolute atomic E-state index is 13.1. The first-order valence-corrected chi connectivity index (χ1v) is 10.0. The Bertz CT molecular complexity index is 1400. The number of aromatic nitrogens is 4. The molecule has 1 N–H and O–H groups in total. The van der Waals surface area contributed by atoms with Crippen molar-refractivity contribution in [1.29, 1.82) is 0 Å². The van der Waals surface area contributed by atoms with Crippen LogP contribution in [-0.4, -0.2) is 25.1 Å². The van der Waals surface area contributed by atoms with Crippen molar-refractivity contribution in [2.24, 2.45) is 0 Å². The molecule has 6 nitrogen and oxygen atoms in total. The number of benzene rings is 1. The molecule has 0 fully saturated rings. The Labute approximate surface area is 179 Å². The van der Waals surface area contributed by atoms with Crippen molar-refractivity contribution in [1.82, 2.24) is 19.2 Å². The number of carbonyl (C=O) groups is 1. The molecule has 1 amide bonds. The van der Waals surface area contributed by atoms with E-state index in [9.17, 15) is 4.79 Å². The molecule has 1 aromatic carbocycles. The SMILES string of the molecule is Cc1ccc(C)c(NC(=O)c2ccnn2-c2ccc3ccc(-c4cccnc4)cn23)c1. The molecule has 152 valence electrons. The fourth-order valence-corrected chi connectivity index (χ4v) is 3.68. The second-order valence-corrected chi connectivity index (χ2v) is 7.55. The summed E-state index contributed by atoms with van der Waals surface area (Å²) in [5.74, 6) is 0.585. The van der Waals surface area contributed by atoms with Crippen LogP contribution >= 0.6 is 0 Å². The number of fused-ring (bicyclic) bond motifs is 1. The predicted octanol–water partition coefficient (Wildman–Crippen LogP) is 5.06. The van der Waals surface area contributed by atoms with Gasteiger partial charge in [-0.05, 0) is 66.9 Å². The van der Waals surface area contributed by atoms with Gasteiger partial charge in [-0.2, -0.15) is 5.10 Å². The lowest BCUT2D eigenvalue weighted by Gasteiger charge is -2.12. The lowest BCUT2D eigenvalue weighted by Crippen LogP contribution is -2.18. The molecular weight excluding hydrogens is 386 g/mol. The zero-order valence-electron chi connectivity index (χ0n) is 17.3. The van der Waals surface area contributed by atoms with Crippen molar-refractivity contribution in [3.63, 3.8) is 0 Å². The maximum Gasteiger partial charge on any atom is 0.274 e. The largest absolute Gasteiger partial charge is 0.320 e. The molecule has 4 heterocycles. The number of hydrogen-bond donors (Lipinski definition) is 1. The Hall–Kier alpha value is -4.19. The number of amides is 1. The third-order valence-corrected chi connectivity index (χ3v) is 5.36. The molecule has 31 heavy (non-hydrogen) atoms. The van der Waals surface area contributed by atoms with Crippen molar-refractivity contribution in [3.8, 4) is 16.9 Å². The van der Waals surface area contributed by atoms with Crippen molar-refractivity contribution in [2.75, 3.05) is 5.32 Å². The van der Waals surface area contributed by atoms with Gasteiger partial charge in [0.1, 0.15) is 11.5 Å². The van der Waals surface area contributed by atoms with Gasteiger partial charge in [0.25, 0.3) is 5.91 Å². The van der Waals surface area contributed by atoms with Crippen LogP contribution in [-0.2, 0) is 0 Å². The minimum Gasteiger partial charge on any atom is -0.320 e. The third kappa shape index (κ3) is 3.48. The Morgan fingerprint density at radius 3 is 2.65 bits per heavy atom. The summed E-state index contributed by atoms with van der Waals surface area (Å²) in [6.07, 6.45) is 7.27. The van der Waals surface area contributed by atoms with E-state index in [1.165, 1.54) is 0 Å². The number of hydrogen-bond acceptors (Lipinski definition) is 3. The van der Waals surface area contributed by atoms with Crippen LogP contribution in [0.2, 0.25) is 0 Å². The van der Waals surface area contributed by atoms with E-state index in [-0.39, 0.29) is 5.91 Å². The average molecular weight is 407 g/mol. The van der Waals surface area contributed by atoms with Crippen LogP contribution in [0.3, 0.4) is 0 Å². The maximum atomic E-state index is 13.1. The van der Waals surface area contributed by atoms with E-state index >= 15 is 0 Å². The summed E-state index contributed by atoms with van der Waals surface area (Å²) >= 11 is 0. The minimum atomic E-state index is -0.204. The molecule has 5 rings (SSSR count). The number of aryl methyl sites for hydroxylation is 2. The molecule has 0 atom stereocenters. The van der Waals surface area contributed by atoms with E-state index < -0.39 is 0 Å². The van der Waals surface area contributed by atoms with Gasteiger partial charge in [0, 0.05) is 35.4 Å². The molecule has 0 radical (unpaired) electrons. The van der Waals surface area contributed by atoms with Gasteiger partial charge in [-0.1, -0.05) is 24.3 Å². The van der Waals surface area contributed by atoms with Gasteiger partial charge in [0.2, 0.25) is 0 Å². The zero-order chi connectivity index (χ0) is 21.4. The van der Waals surface area contributed by atoms with Crippen LogP contribution in [0, 0.1) is 13.8 Å². The summed E-state index contributed by atoms with van der Waals surface area (Å²) in [5.41, 5.74) is 6.45. The topological polar surface area (TPSA) is 64.2 Å². The second-order valence-electron chi connectivity index (χ2n) is 7.55. The normalized spacial score (nSPS) is 11.0. The van der Waals surface area contributed by atoms with Crippen LogP contribution < -0.4 is 5.32 Å². The smallest absolute Gasteiger partial charge is 0.274 e. The number of rotatable bonds is 4. The molecule has 0 aliphatic carbocycles. The van der Waals surface area contributed by atoms with E-state index in [0.717, 1.165) is 39.3 Å². The fourth-order valence-electron chi connectivity index (χ4n) is 3.68. The molecule has 0 aliphatic heterocycles. The van der Waals surface area contributed by atoms with Gasteiger partial charge >= 0.3 is 0 Å². The molecule has 0 bridgehead atoms. The van der Waals surface area contributed by atoms with Gasteiger partial charge in [-0.25, -0.2) is 4.68 Å².